The van der Waals surface area contributed by atoms with Crippen LogP contribution in [0.3, 0.4) is 0 Å². The van der Waals surface area contributed by atoms with Crippen molar-refractivity contribution in [3.63, 3.8) is 0 Å². The second kappa shape index (κ2) is 5.80. The molecule has 1 rings (SSSR count). The highest BCUT2D eigenvalue weighted by atomic mass is 35.5. The number of hydrogen-bond acceptors (Lipinski definition) is 3. The second-order valence-electron chi connectivity index (χ2n) is 2.51. The third-order valence-electron chi connectivity index (χ3n) is 1.51. The van der Waals surface area contributed by atoms with Gasteiger partial charge in [-0.1, -0.05) is 23.8 Å². The van der Waals surface area contributed by atoms with Crippen LogP contribution in [-0.2, 0) is 0 Å². The predicted octanol–water partition coefficient (Wildman–Crippen LogP) is 1.65. The molecule has 3 nitrogen and oxygen atoms in total. The van der Waals surface area contributed by atoms with Gasteiger partial charge in [0.05, 0.1) is 5.02 Å². The normalized spacial score (nSPS) is 10.7. The van der Waals surface area contributed by atoms with E-state index in [2.05, 4.69) is 5.32 Å². The van der Waals surface area contributed by atoms with Gasteiger partial charge < -0.3 is 11.1 Å². The van der Waals surface area contributed by atoms with Crippen LogP contribution in [0.4, 0.5) is 0 Å². The van der Waals surface area contributed by atoms with Crippen LogP contribution in [0.2, 0.25) is 5.02 Å². The summed E-state index contributed by atoms with van der Waals surface area (Å²) in [6, 6.07) is 1.71. The predicted molar refractivity (Wildman–Crippen MR) is 59.9 cm³/mol. The molecule has 0 unspecified atom stereocenters. The first kappa shape index (κ1) is 11.2. The minimum atomic E-state index is -0.147. The van der Waals surface area contributed by atoms with Gasteiger partial charge in [0, 0.05) is 13.1 Å². The van der Waals surface area contributed by atoms with E-state index in [9.17, 15) is 4.79 Å². The number of nitrogens with one attached hydrogen (secondary N) is 1. The van der Waals surface area contributed by atoms with E-state index in [-0.39, 0.29) is 5.91 Å². The first-order chi connectivity index (χ1) is 6.75. The summed E-state index contributed by atoms with van der Waals surface area (Å²) in [7, 11) is 0. The van der Waals surface area contributed by atoms with E-state index in [1.165, 1.54) is 11.3 Å². The summed E-state index contributed by atoms with van der Waals surface area (Å²) in [6.07, 6.45) is 3.59. The lowest BCUT2D eigenvalue weighted by molar-refractivity contribution is 0.0962. The van der Waals surface area contributed by atoms with E-state index < -0.39 is 0 Å². The quantitative estimate of drug-likeness (QED) is 0.773. The monoisotopic (exact) mass is 230 g/mol. The summed E-state index contributed by atoms with van der Waals surface area (Å²) in [6.45, 7) is 0.958. The standard InChI is InChI=1S/C9H11ClN2OS/c10-7-3-6-14-8(7)9(13)12-5-2-1-4-11/h1-3,6H,4-5,11H2,(H,12,13)/b2-1+. The molecule has 0 aliphatic heterocycles. The molecule has 5 heteroatoms. The smallest absolute Gasteiger partial charge is 0.263 e. The molecule has 0 atom stereocenters. The van der Waals surface area contributed by atoms with Gasteiger partial charge in [0.1, 0.15) is 4.88 Å². The van der Waals surface area contributed by atoms with Crippen molar-refractivity contribution >= 4 is 28.8 Å². The molecular weight excluding hydrogens is 220 g/mol. The SMILES string of the molecule is NC/C=C/CNC(=O)c1sccc1Cl. The van der Waals surface area contributed by atoms with Crippen molar-refractivity contribution in [1.82, 2.24) is 5.32 Å². The van der Waals surface area contributed by atoms with Gasteiger partial charge >= 0.3 is 0 Å². The number of carbonyl (C=O) groups excluding carboxylic acids is 1. The third kappa shape index (κ3) is 3.14. The van der Waals surface area contributed by atoms with Crippen LogP contribution in [0, 0.1) is 0 Å². The van der Waals surface area contributed by atoms with Crippen molar-refractivity contribution in [2.75, 3.05) is 13.1 Å². The Morgan fingerprint density at radius 3 is 3.00 bits per heavy atom. The molecule has 0 fully saturated rings. The average Bonchev–Trinajstić information content (AvgIpc) is 2.59. The van der Waals surface area contributed by atoms with E-state index in [0.717, 1.165) is 0 Å². The maximum absolute atomic E-state index is 11.4. The number of nitrogens with two attached hydrogens (primary N) is 1. The van der Waals surface area contributed by atoms with Crippen molar-refractivity contribution in [2.24, 2.45) is 5.73 Å². The molecule has 0 spiro atoms. The van der Waals surface area contributed by atoms with Gasteiger partial charge in [-0.25, -0.2) is 0 Å². The highest BCUT2D eigenvalue weighted by molar-refractivity contribution is 7.12. The van der Waals surface area contributed by atoms with Crippen molar-refractivity contribution in [2.45, 2.75) is 0 Å². The molecular formula is C9H11ClN2OS. The molecule has 0 aliphatic rings. The van der Waals surface area contributed by atoms with Crippen LogP contribution >= 0.6 is 22.9 Å². The lowest BCUT2D eigenvalue weighted by Gasteiger charge is -1.99. The Morgan fingerprint density at radius 2 is 2.43 bits per heavy atom. The van der Waals surface area contributed by atoms with Crippen LogP contribution in [0.15, 0.2) is 23.6 Å². The number of rotatable bonds is 4. The van der Waals surface area contributed by atoms with Crippen LogP contribution in [0.25, 0.3) is 0 Å². The van der Waals surface area contributed by atoms with Crippen molar-refractivity contribution in [3.8, 4) is 0 Å². The second-order valence-corrected chi connectivity index (χ2v) is 3.84. The zero-order valence-electron chi connectivity index (χ0n) is 7.50. The number of hydrogen-bond donors (Lipinski definition) is 2. The molecule has 1 heterocycles. The summed E-state index contributed by atoms with van der Waals surface area (Å²) in [4.78, 5) is 12.0. The molecule has 76 valence electrons. The fourth-order valence-corrected chi connectivity index (χ4v) is 1.92. The van der Waals surface area contributed by atoms with Gasteiger partial charge in [0.25, 0.3) is 5.91 Å². The minimum Gasteiger partial charge on any atom is -0.348 e. The van der Waals surface area contributed by atoms with E-state index in [0.29, 0.717) is 23.0 Å². The number of thiophene rings is 1. The van der Waals surface area contributed by atoms with Gasteiger partial charge in [0.15, 0.2) is 0 Å². The van der Waals surface area contributed by atoms with E-state index >= 15 is 0 Å². The Labute approximate surface area is 91.6 Å². The molecule has 0 aliphatic carbocycles. The lowest BCUT2D eigenvalue weighted by atomic mass is 10.4. The van der Waals surface area contributed by atoms with Gasteiger partial charge in [-0.15, -0.1) is 11.3 Å². The number of halogens is 1. The molecule has 1 aromatic heterocycles. The van der Waals surface area contributed by atoms with Crippen molar-refractivity contribution < 1.29 is 4.79 Å². The fourth-order valence-electron chi connectivity index (χ4n) is 0.867. The number of amides is 1. The van der Waals surface area contributed by atoms with Gasteiger partial charge in [-0.05, 0) is 11.4 Å². The van der Waals surface area contributed by atoms with E-state index in [1.54, 1.807) is 23.6 Å². The van der Waals surface area contributed by atoms with Gasteiger partial charge in [-0.2, -0.15) is 0 Å². The topological polar surface area (TPSA) is 55.1 Å². The third-order valence-corrected chi connectivity index (χ3v) is 2.85. The largest absolute Gasteiger partial charge is 0.348 e. The van der Waals surface area contributed by atoms with E-state index in [4.69, 9.17) is 17.3 Å². The van der Waals surface area contributed by atoms with Crippen LogP contribution in [0.1, 0.15) is 9.67 Å². The lowest BCUT2D eigenvalue weighted by Crippen LogP contribution is -2.22. The van der Waals surface area contributed by atoms with Gasteiger partial charge in [0.2, 0.25) is 0 Å². The maximum atomic E-state index is 11.4. The van der Waals surface area contributed by atoms with E-state index in [1.807, 2.05) is 0 Å². The summed E-state index contributed by atoms with van der Waals surface area (Å²) < 4.78 is 0. The summed E-state index contributed by atoms with van der Waals surface area (Å²) in [5.74, 6) is -0.147. The Morgan fingerprint density at radius 1 is 1.64 bits per heavy atom. The highest BCUT2D eigenvalue weighted by Gasteiger charge is 2.09. The van der Waals surface area contributed by atoms with Crippen LogP contribution < -0.4 is 11.1 Å². The zero-order chi connectivity index (χ0) is 10.4. The average molecular weight is 231 g/mol. The molecule has 0 saturated carbocycles. The Kier molecular flexibility index (Phi) is 4.65. The number of carbonyl (C=O) groups is 1. The zero-order valence-corrected chi connectivity index (χ0v) is 9.07. The first-order valence-electron chi connectivity index (χ1n) is 4.12. The summed E-state index contributed by atoms with van der Waals surface area (Å²) in [5.41, 5.74) is 5.25. The Bertz CT molecular complexity index is 335. The molecule has 14 heavy (non-hydrogen) atoms. The van der Waals surface area contributed by atoms with Crippen molar-refractivity contribution in [1.29, 1.82) is 0 Å². The van der Waals surface area contributed by atoms with Gasteiger partial charge in [-0.3, -0.25) is 4.79 Å². The molecule has 0 saturated heterocycles. The molecule has 3 N–H and O–H groups in total. The minimum absolute atomic E-state index is 0.147. The summed E-state index contributed by atoms with van der Waals surface area (Å²) >= 11 is 7.11. The first-order valence-corrected chi connectivity index (χ1v) is 5.37. The molecule has 0 radical (unpaired) electrons. The Balaban J connectivity index is 2.44. The molecule has 1 aromatic rings. The summed E-state index contributed by atoms with van der Waals surface area (Å²) in [5, 5.41) is 4.99. The highest BCUT2D eigenvalue weighted by Crippen LogP contribution is 2.21. The van der Waals surface area contributed by atoms with Crippen LogP contribution in [-0.4, -0.2) is 19.0 Å². The maximum Gasteiger partial charge on any atom is 0.263 e. The molecule has 0 bridgehead atoms. The molecule has 0 aromatic carbocycles. The van der Waals surface area contributed by atoms with Crippen molar-refractivity contribution in [3.05, 3.63) is 33.5 Å². The Hall–Kier alpha value is -0.840. The molecule has 1 amide bonds. The fraction of sp³-hybridized carbons (Fsp3) is 0.222. The van der Waals surface area contributed by atoms with Crippen LogP contribution in [0.5, 0.6) is 0 Å².